The van der Waals surface area contributed by atoms with E-state index in [9.17, 15) is 22.8 Å². The molecule has 2 amide bonds. The molecule has 27 heavy (non-hydrogen) atoms. The van der Waals surface area contributed by atoms with Crippen molar-refractivity contribution >= 4 is 11.8 Å². The van der Waals surface area contributed by atoms with Gasteiger partial charge in [0.1, 0.15) is 0 Å². The summed E-state index contributed by atoms with van der Waals surface area (Å²) in [5, 5.41) is 0. The van der Waals surface area contributed by atoms with Crippen molar-refractivity contribution in [2.75, 3.05) is 6.54 Å². The minimum atomic E-state index is -4.46. The quantitative estimate of drug-likeness (QED) is 0.797. The molecule has 2 aliphatic rings. The van der Waals surface area contributed by atoms with Crippen LogP contribution < -0.4 is 0 Å². The highest BCUT2D eigenvalue weighted by Crippen LogP contribution is 2.36. The van der Waals surface area contributed by atoms with Crippen molar-refractivity contribution in [3.05, 3.63) is 35.4 Å². The van der Waals surface area contributed by atoms with Crippen LogP contribution in [0, 0.1) is 5.92 Å². The van der Waals surface area contributed by atoms with E-state index < -0.39 is 11.7 Å². The maximum atomic E-state index is 13.3. The number of benzene rings is 1. The number of alkyl halides is 3. The van der Waals surface area contributed by atoms with E-state index in [0.717, 1.165) is 6.07 Å². The van der Waals surface area contributed by atoms with Crippen LogP contribution in [0.5, 0.6) is 0 Å². The fraction of sp³-hybridized carbons (Fsp3) is 0.600. The molecule has 2 aliphatic heterocycles. The molecule has 0 radical (unpaired) electrons. The zero-order chi connectivity index (χ0) is 19.8. The molecule has 0 aromatic heterocycles. The van der Waals surface area contributed by atoms with Gasteiger partial charge in [-0.05, 0) is 30.9 Å². The van der Waals surface area contributed by atoms with Crippen molar-refractivity contribution in [2.24, 2.45) is 5.92 Å². The van der Waals surface area contributed by atoms with Gasteiger partial charge in [-0.1, -0.05) is 32.0 Å². The number of halogens is 3. The molecule has 2 heterocycles. The summed E-state index contributed by atoms with van der Waals surface area (Å²) < 4.78 is 40.0. The molecule has 0 bridgehead atoms. The van der Waals surface area contributed by atoms with E-state index in [1.54, 1.807) is 11.0 Å². The molecule has 4 nitrogen and oxygen atoms in total. The maximum Gasteiger partial charge on any atom is 0.416 e. The van der Waals surface area contributed by atoms with Crippen LogP contribution in [0.1, 0.15) is 50.7 Å². The first-order valence-corrected chi connectivity index (χ1v) is 9.45. The fourth-order valence-electron chi connectivity index (χ4n) is 4.27. The third kappa shape index (κ3) is 3.96. The first-order chi connectivity index (χ1) is 12.7. The van der Waals surface area contributed by atoms with Gasteiger partial charge in [-0.25, -0.2) is 0 Å². The van der Waals surface area contributed by atoms with Crippen LogP contribution in [-0.4, -0.2) is 40.2 Å². The Balaban J connectivity index is 1.89. The Morgan fingerprint density at radius 1 is 1.19 bits per heavy atom. The number of rotatable bonds is 3. The van der Waals surface area contributed by atoms with E-state index in [0.29, 0.717) is 32.2 Å². The van der Waals surface area contributed by atoms with Gasteiger partial charge in [0, 0.05) is 25.4 Å². The molecular formula is C20H25F3N2O2. The lowest BCUT2D eigenvalue weighted by Crippen LogP contribution is -2.48. The molecular weight excluding hydrogens is 357 g/mol. The molecule has 0 unspecified atom stereocenters. The summed E-state index contributed by atoms with van der Waals surface area (Å²) in [7, 11) is 0. The maximum absolute atomic E-state index is 13.3. The Morgan fingerprint density at radius 3 is 2.56 bits per heavy atom. The van der Waals surface area contributed by atoms with Gasteiger partial charge in [0.25, 0.3) is 0 Å². The molecule has 1 aromatic rings. The van der Waals surface area contributed by atoms with E-state index in [2.05, 4.69) is 0 Å². The molecule has 0 N–H and O–H groups in total. The Kier molecular flexibility index (Phi) is 5.49. The van der Waals surface area contributed by atoms with E-state index in [1.165, 1.54) is 12.1 Å². The molecule has 0 spiro atoms. The molecule has 0 aliphatic carbocycles. The van der Waals surface area contributed by atoms with E-state index in [1.807, 2.05) is 18.7 Å². The van der Waals surface area contributed by atoms with Gasteiger partial charge < -0.3 is 9.80 Å². The SMILES string of the molecule is CC(C)C(=O)N1CC[C@@H]2[C@H]1CCCC(=O)N2Cc1ccccc1C(F)(F)F. The van der Waals surface area contributed by atoms with Crippen LogP contribution in [0.25, 0.3) is 0 Å². The second-order valence-corrected chi connectivity index (χ2v) is 7.68. The van der Waals surface area contributed by atoms with Gasteiger partial charge in [0.05, 0.1) is 17.6 Å². The second-order valence-electron chi connectivity index (χ2n) is 7.68. The Morgan fingerprint density at radius 2 is 1.89 bits per heavy atom. The molecule has 7 heteroatoms. The molecule has 2 fully saturated rings. The fourth-order valence-corrected chi connectivity index (χ4v) is 4.27. The number of carbonyl (C=O) groups is 2. The number of carbonyl (C=O) groups excluding carboxylic acids is 2. The minimum Gasteiger partial charge on any atom is -0.337 e. The van der Waals surface area contributed by atoms with Crippen molar-refractivity contribution in [1.82, 2.24) is 9.80 Å². The van der Waals surface area contributed by atoms with Gasteiger partial charge in [0.2, 0.25) is 11.8 Å². The van der Waals surface area contributed by atoms with E-state index in [4.69, 9.17) is 0 Å². The van der Waals surface area contributed by atoms with Crippen molar-refractivity contribution in [2.45, 2.75) is 64.3 Å². The minimum absolute atomic E-state index is 0.0486. The van der Waals surface area contributed by atoms with Gasteiger partial charge in [-0.2, -0.15) is 13.2 Å². The first kappa shape index (κ1) is 19.7. The lowest BCUT2D eigenvalue weighted by atomic mass is 10.0. The number of hydrogen-bond acceptors (Lipinski definition) is 2. The highest BCUT2D eigenvalue weighted by Gasteiger charge is 2.44. The third-order valence-electron chi connectivity index (χ3n) is 5.56. The monoisotopic (exact) mass is 382 g/mol. The Hall–Kier alpha value is -2.05. The molecule has 148 valence electrons. The van der Waals surface area contributed by atoms with Crippen molar-refractivity contribution in [3.63, 3.8) is 0 Å². The van der Waals surface area contributed by atoms with Crippen LogP contribution in [0.15, 0.2) is 24.3 Å². The summed E-state index contributed by atoms with van der Waals surface area (Å²) >= 11 is 0. The molecule has 0 saturated carbocycles. The Bertz CT molecular complexity index is 717. The predicted octanol–water partition coefficient (Wildman–Crippen LogP) is 3.84. The number of amides is 2. The lowest BCUT2D eigenvalue weighted by molar-refractivity contribution is -0.141. The molecule has 2 atom stereocenters. The van der Waals surface area contributed by atoms with Crippen LogP contribution in [-0.2, 0) is 22.3 Å². The summed E-state index contributed by atoms with van der Waals surface area (Å²) in [5.74, 6) is -0.215. The average Bonchev–Trinajstić information content (AvgIpc) is 2.95. The summed E-state index contributed by atoms with van der Waals surface area (Å²) in [6.45, 7) is 4.17. The summed E-state index contributed by atoms with van der Waals surface area (Å²) in [6.07, 6.45) is -2.17. The normalized spacial score (nSPS) is 23.6. The standard InChI is InChI=1S/C20H25F3N2O2/c1-13(2)19(27)24-11-10-17-16(24)8-5-9-18(26)25(17)12-14-6-3-4-7-15(14)20(21,22)23/h3-4,6-7,13,16-17H,5,8-12H2,1-2H3/t16-,17-/m1/s1. The lowest BCUT2D eigenvalue weighted by Gasteiger charge is -2.34. The van der Waals surface area contributed by atoms with Crippen LogP contribution in [0.2, 0.25) is 0 Å². The van der Waals surface area contributed by atoms with E-state index >= 15 is 0 Å². The molecule has 3 rings (SSSR count). The van der Waals surface area contributed by atoms with Crippen molar-refractivity contribution in [1.29, 1.82) is 0 Å². The average molecular weight is 382 g/mol. The van der Waals surface area contributed by atoms with Crippen molar-refractivity contribution < 1.29 is 22.8 Å². The number of fused-ring (bicyclic) bond motifs is 1. The highest BCUT2D eigenvalue weighted by atomic mass is 19.4. The predicted molar refractivity (Wildman–Crippen MR) is 94.6 cm³/mol. The summed E-state index contributed by atoms with van der Waals surface area (Å²) in [5.41, 5.74) is -0.598. The zero-order valence-electron chi connectivity index (χ0n) is 15.6. The number of hydrogen-bond donors (Lipinski definition) is 0. The van der Waals surface area contributed by atoms with Crippen LogP contribution >= 0.6 is 0 Å². The topological polar surface area (TPSA) is 40.6 Å². The molecule has 2 saturated heterocycles. The largest absolute Gasteiger partial charge is 0.416 e. The van der Waals surface area contributed by atoms with Gasteiger partial charge in [-0.15, -0.1) is 0 Å². The summed E-state index contributed by atoms with van der Waals surface area (Å²) in [4.78, 5) is 28.6. The summed E-state index contributed by atoms with van der Waals surface area (Å²) in [6, 6.07) is 5.08. The van der Waals surface area contributed by atoms with Crippen LogP contribution in [0.4, 0.5) is 13.2 Å². The van der Waals surface area contributed by atoms with Gasteiger partial charge >= 0.3 is 6.18 Å². The first-order valence-electron chi connectivity index (χ1n) is 9.45. The Labute approximate surface area is 157 Å². The van der Waals surface area contributed by atoms with Crippen molar-refractivity contribution in [3.8, 4) is 0 Å². The molecule has 1 aromatic carbocycles. The van der Waals surface area contributed by atoms with Gasteiger partial charge in [-0.3, -0.25) is 9.59 Å². The number of likely N-dealkylation sites (tertiary alicyclic amines) is 2. The van der Waals surface area contributed by atoms with Gasteiger partial charge in [0.15, 0.2) is 0 Å². The van der Waals surface area contributed by atoms with Crippen LogP contribution in [0.3, 0.4) is 0 Å². The third-order valence-corrected chi connectivity index (χ3v) is 5.56. The zero-order valence-corrected chi connectivity index (χ0v) is 15.6. The highest BCUT2D eigenvalue weighted by molar-refractivity contribution is 5.80. The number of nitrogens with zero attached hydrogens (tertiary/aromatic N) is 2. The smallest absolute Gasteiger partial charge is 0.337 e. The second kappa shape index (κ2) is 7.52. The van der Waals surface area contributed by atoms with E-state index in [-0.39, 0.29) is 41.9 Å².